The molecule has 0 aliphatic carbocycles. The van der Waals surface area contributed by atoms with E-state index in [4.69, 9.17) is 30.4 Å². The van der Waals surface area contributed by atoms with Crippen LogP contribution in [0.1, 0.15) is 72.8 Å². The molecule has 1 unspecified atom stereocenters. The molecule has 7 heterocycles. The summed E-state index contributed by atoms with van der Waals surface area (Å²) in [6.07, 6.45) is 9.41. The van der Waals surface area contributed by atoms with Gasteiger partial charge in [-0.25, -0.2) is 21.9 Å². The summed E-state index contributed by atoms with van der Waals surface area (Å²) in [5.41, 5.74) is 2.43. The molecule has 8 aromatic rings. The fraction of sp³-hybridized carbons (Fsp3) is 0.371. The molecule has 3 saturated heterocycles. The molecule has 12 rings (SSSR count). The number of nitrogens with zero attached hydrogens (tertiary/aromatic N) is 9. The third-order valence-electron chi connectivity index (χ3n) is 17.1. The first-order valence-corrected chi connectivity index (χ1v) is 29.8. The van der Waals surface area contributed by atoms with Crippen LogP contribution in [0.4, 0.5) is 14.6 Å². The van der Waals surface area contributed by atoms with Crippen LogP contribution in [0.15, 0.2) is 83.9 Å². The van der Waals surface area contributed by atoms with Gasteiger partial charge in [-0.3, -0.25) is 19.5 Å². The average molecular weight is 1190 g/mol. The summed E-state index contributed by atoms with van der Waals surface area (Å²) in [5.74, 6) is -0.0920. The highest BCUT2D eigenvalue weighted by Crippen LogP contribution is 2.42. The zero-order valence-corrected chi connectivity index (χ0v) is 48.8. The lowest BCUT2D eigenvalue weighted by Crippen LogP contribution is -2.58. The number of pyridine rings is 1. The molecule has 3 aromatic heterocycles. The number of aromatic hydroxyl groups is 1. The smallest absolute Gasteiger partial charge is 0.319 e. The average Bonchev–Trinajstić information content (AvgIpc) is 1.10. The topological polar surface area (TPSA) is 249 Å². The number of terminal acetylenes is 1. The van der Waals surface area contributed by atoms with Crippen LogP contribution in [-0.4, -0.2) is 153 Å². The van der Waals surface area contributed by atoms with Gasteiger partial charge in [0.1, 0.15) is 86.6 Å². The van der Waals surface area contributed by atoms with Gasteiger partial charge in [-0.05, 0) is 123 Å². The zero-order chi connectivity index (χ0) is 60.3. The van der Waals surface area contributed by atoms with Gasteiger partial charge in [-0.1, -0.05) is 35.4 Å². The minimum Gasteiger partial charge on any atom is -0.508 e. The molecule has 21 nitrogen and oxygen atoms in total. The number of phenols is 1. The molecule has 446 valence electrons. The molecule has 2 bridgehead atoms. The minimum atomic E-state index is -4.16. The largest absolute Gasteiger partial charge is 0.508 e. The molecule has 0 saturated carbocycles. The summed E-state index contributed by atoms with van der Waals surface area (Å²) >= 11 is 0. The van der Waals surface area contributed by atoms with Crippen molar-refractivity contribution < 1.29 is 55.9 Å². The van der Waals surface area contributed by atoms with Crippen LogP contribution in [0.2, 0.25) is 0 Å². The van der Waals surface area contributed by atoms with Gasteiger partial charge in [0.25, 0.3) is 0 Å². The highest BCUT2D eigenvalue weighted by atomic mass is 32.2. The number of halogens is 2. The quantitative estimate of drug-likeness (QED) is 0.0531. The van der Waals surface area contributed by atoms with Gasteiger partial charge in [0.2, 0.25) is 15.9 Å². The van der Waals surface area contributed by atoms with Crippen LogP contribution < -0.4 is 34.5 Å². The molecule has 1 amide bonds. The lowest BCUT2D eigenvalue weighted by atomic mass is 9.86. The number of sulfonamides is 1. The molecule has 86 heavy (non-hydrogen) atoms. The van der Waals surface area contributed by atoms with Crippen LogP contribution in [0, 0.1) is 30.9 Å². The zero-order valence-electron chi connectivity index (χ0n) is 47.9. The third-order valence-corrected chi connectivity index (χ3v) is 18.9. The second-order valence-electron chi connectivity index (χ2n) is 22.6. The van der Waals surface area contributed by atoms with E-state index in [0.29, 0.717) is 88.3 Å². The number of carboxylic acid groups (broad SMARTS) is 1. The number of anilines is 1. The fourth-order valence-electron chi connectivity index (χ4n) is 12.7. The van der Waals surface area contributed by atoms with Gasteiger partial charge >= 0.3 is 12.0 Å². The van der Waals surface area contributed by atoms with Crippen molar-refractivity contribution in [2.45, 2.75) is 87.0 Å². The van der Waals surface area contributed by atoms with E-state index in [2.05, 4.69) is 41.7 Å². The third kappa shape index (κ3) is 10.7. The highest BCUT2D eigenvalue weighted by molar-refractivity contribution is 7.89. The Kier molecular flexibility index (Phi) is 15.4. The number of amides is 1. The standard InChI is InChI=1S/C62H63F2N11O10S/c1-7-44-48(63)15-11-37-22-42(76)25-46(54(37)44)56-55(64)57-47(28-66-56)59(74-31-40-12-13-41(32-74)67-40)69-61(68-57)84-33-62(17-8-19-72(62)4)60(79)65-18-20-83-43-14-16-52-50(26-43)85-35(3)29-75(86(52,80)81)30-39-21-36(10-9-34(39)2)45(27-53(77)78)38-23-49-58(51(24-38)82-6)73(5)71-70-49/h1,9-11,14-16,21-26,28,35,40-41,45,67,76H,8,12-13,17-20,27,29-33H2,2-6H3,(H,65,79)(H,77,78)/t35-,40-,41+,45?,62-/m1/s1. The predicted molar refractivity (Wildman–Crippen MR) is 315 cm³/mol. The molecule has 4 aliphatic heterocycles. The number of nitrogens with one attached hydrogen (secondary N) is 2. The van der Waals surface area contributed by atoms with E-state index in [1.165, 1.54) is 60.1 Å². The number of carboxylic acids is 1. The molecular formula is C62H63F2N11O10S. The molecule has 3 fully saturated rings. The van der Waals surface area contributed by atoms with E-state index in [1.807, 2.05) is 37.1 Å². The summed E-state index contributed by atoms with van der Waals surface area (Å²) in [6.45, 7) is 5.24. The van der Waals surface area contributed by atoms with E-state index < -0.39 is 45.2 Å². The molecule has 5 atom stereocenters. The van der Waals surface area contributed by atoms with Gasteiger partial charge in [0, 0.05) is 67.9 Å². The normalized spacial score (nSPS) is 20.5. The van der Waals surface area contributed by atoms with Crippen molar-refractivity contribution in [1.29, 1.82) is 0 Å². The number of benzene rings is 5. The molecular weight excluding hydrogens is 1130 g/mol. The van der Waals surface area contributed by atoms with Crippen molar-refractivity contribution in [2.75, 3.05) is 65.0 Å². The Bertz CT molecular complexity index is 4190. The molecule has 5 aromatic carbocycles. The Labute approximate surface area is 494 Å². The lowest BCUT2D eigenvalue weighted by Gasteiger charge is -2.35. The first-order valence-electron chi connectivity index (χ1n) is 28.4. The maximum atomic E-state index is 17.3. The maximum Gasteiger partial charge on any atom is 0.319 e. The number of carbonyl (C=O) groups is 2. The fourth-order valence-corrected chi connectivity index (χ4v) is 14.3. The van der Waals surface area contributed by atoms with Gasteiger partial charge < -0.3 is 44.7 Å². The molecule has 0 spiro atoms. The molecule has 4 N–H and O–H groups in total. The number of hydrogen-bond donors (Lipinski definition) is 4. The highest BCUT2D eigenvalue weighted by Gasteiger charge is 2.47. The van der Waals surface area contributed by atoms with E-state index in [0.717, 1.165) is 18.4 Å². The number of aromatic nitrogens is 6. The van der Waals surface area contributed by atoms with Crippen LogP contribution in [0.5, 0.6) is 29.0 Å². The van der Waals surface area contributed by atoms with Gasteiger partial charge in [-0.15, -0.1) is 11.5 Å². The number of methoxy groups -OCH3 is 1. The van der Waals surface area contributed by atoms with Gasteiger partial charge in [-0.2, -0.15) is 14.3 Å². The Morgan fingerprint density at radius 3 is 2.55 bits per heavy atom. The Balaban J connectivity index is 0.749. The van der Waals surface area contributed by atoms with Crippen molar-refractivity contribution in [3.8, 4) is 52.6 Å². The van der Waals surface area contributed by atoms with Crippen LogP contribution in [0.3, 0.4) is 0 Å². The number of aliphatic carboxylic acids is 1. The van der Waals surface area contributed by atoms with E-state index >= 15 is 8.78 Å². The number of rotatable bonds is 17. The number of phenolic OH excluding ortho intramolecular Hbond substituents is 1. The van der Waals surface area contributed by atoms with Gasteiger partial charge in [0.15, 0.2) is 5.82 Å². The molecule has 4 aliphatic rings. The molecule has 0 radical (unpaired) electrons. The van der Waals surface area contributed by atoms with Crippen LogP contribution in [0.25, 0.3) is 44.0 Å². The minimum absolute atomic E-state index is 0.000901. The first-order chi connectivity index (χ1) is 41.3. The van der Waals surface area contributed by atoms with Crippen LogP contribution in [-0.2, 0) is 33.2 Å². The molecule has 24 heteroatoms. The summed E-state index contributed by atoms with van der Waals surface area (Å²) in [5, 5.41) is 36.7. The van der Waals surface area contributed by atoms with E-state index in [-0.39, 0.29) is 107 Å². The summed E-state index contributed by atoms with van der Waals surface area (Å²) < 4.78 is 89.0. The van der Waals surface area contributed by atoms with Crippen molar-refractivity contribution in [1.82, 2.24) is 49.8 Å². The van der Waals surface area contributed by atoms with Crippen molar-refractivity contribution in [3.63, 3.8) is 0 Å². The van der Waals surface area contributed by atoms with Crippen molar-refractivity contribution >= 4 is 60.4 Å². The number of likely N-dealkylation sites (N-methyl/N-ethyl adjacent to an activating group) is 1. The van der Waals surface area contributed by atoms with Crippen molar-refractivity contribution in [2.24, 2.45) is 7.05 Å². The SMILES string of the molecule is C#Cc1c(F)ccc2cc(O)cc(-c3ncc4c(N5C[C@H]6CC[C@@H](C5)N6)nc(OC[C@@]5(C(=O)NCCOc6ccc7c(c6)O[C@H](C)CN(Cc6cc(C(CC(=O)O)c8cc(OC)c9c(c8)nnn9C)ccc6C)S7(=O)=O)CCCN5C)nc4c3F)c12. The number of fused-ring (bicyclic) bond motifs is 6. The Hall–Kier alpha value is -8.76. The van der Waals surface area contributed by atoms with Gasteiger partial charge in [0.05, 0.1) is 37.6 Å². The van der Waals surface area contributed by atoms with E-state index in [9.17, 15) is 28.2 Å². The van der Waals surface area contributed by atoms with Crippen LogP contribution >= 0.6 is 0 Å². The number of aryl methyl sites for hydroxylation is 2. The second kappa shape index (κ2) is 22.9. The number of ether oxygens (including phenoxy) is 4. The van der Waals surface area contributed by atoms with E-state index in [1.54, 1.807) is 30.8 Å². The summed E-state index contributed by atoms with van der Waals surface area (Å²) in [6, 6.07) is 19.2. The lowest BCUT2D eigenvalue weighted by molar-refractivity contribution is -0.137. The van der Waals surface area contributed by atoms with Crippen molar-refractivity contribution in [3.05, 3.63) is 118 Å². The number of hydrogen-bond acceptors (Lipinski definition) is 17. The number of carbonyl (C=O) groups excluding carboxylic acids is 1. The summed E-state index contributed by atoms with van der Waals surface area (Å²) in [7, 11) is 0.927. The monoisotopic (exact) mass is 1190 g/mol. The second-order valence-corrected chi connectivity index (χ2v) is 24.5. The first kappa shape index (κ1) is 57.7. The maximum absolute atomic E-state index is 17.3. The summed E-state index contributed by atoms with van der Waals surface area (Å²) in [4.78, 5) is 44.7. The Morgan fingerprint density at radius 1 is 1.00 bits per heavy atom. The Morgan fingerprint density at radius 2 is 1.80 bits per heavy atom. The predicted octanol–water partition coefficient (Wildman–Crippen LogP) is 6.97. The number of likely N-dealkylation sites (tertiary alicyclic amines) is 1. The number of piperazine rings is 1.